The van der Waals surface area contributed by atoms with Gasteiger partial charge in [-0.2, -0.15) is 5.10 Å². The number of aromatic amines is 1. The molecule has 2 aromatic rings. The summed E-state index contributed by atoms with van der Waals surface area (Å²) in [5, 5.41) is 9.82. The lowest BCUT2D eigenvalue weighted by Crippen LogP contribution is -2.61. The Bertz CT molecular complexity index is 1000. The Hall–Kier alpha value is -3.04. The highest BCUT2D eigenvalue weighted by Crippen LogP contribution is 2.56. The summed E-state index contributed by atoms with van der Waals surface area (Å²) in [7, 11) is 0. The second-order valence-electron chi connectivity index (χ2n) is 7.59. The standard InChI is InChI=1S/C18H16F3N5O2/c19-10-3-11(20)14(22)12(13(10)21)18(28)26-4-7(5-26)23-17(27)16-9-2-6-1-8(6)15(9)24-25-16/h3,6-8H,1-2,4-5,22H2,(H,23,27)(H,24,25)/t6-,8-/m1/s1. The number of nitrogens with two attached hydrogens (primary N) is 1. The first-order chi connectivity index (χ1) is 13.3. The molecule has 7 nitrogen and oxygen atoms in total. The van der Waals surface area contributed by atoms with Gasteiger partial charge in [-0.1, -0.05) is 0 Å². The van der Waals surface area contributed by atoms with Crippen molar-refractivity contribution in [1.82, 2.24) is 20.4 Å². The lowest BCUT2D eigenvalue weighted by atomic mass is 10.0. The van der Waals surface area contributed by atoms with E-state index in [1.54, 1.807) is 0 Å². The molecule has 0 radical (unpaired) electrons. The third kappa shape index (κ3) is 2.40. The number of likely N-dealkylation sites (tertiary alicyclic amines) is 1. The molecule has 146 valence electrons. The second-order valence-corrected chi connectivity index (χ2v) is 7.59. The summed E-state index contributed by atoms with van der Waals surface area (Å²) in [6, 6.07) is -0.0604. The number of carbonyl (C=O) groups is 2. The molecule has 10 heteroatoms. The quantitative estimate of drug-likeness (QED) is 0.542. The molecule has 1 aromatic carbocycles. The van der Waals surface area contributed by atoms with Crippen LogP contribution in [0.4, 0.5) is 18.9 Å². The molecular formula is C18H16F3N5O2. The molecule has 1 aliphatic heterocycles. The molecule has 2 amide bonds. The summed E-state index contributed by atoms with van der Waals surface area (Å²) in [6.45, 7) is 0.166. The highest BCUT2D eigenvalue weighted by atomic mass is 19.2. The van der Waals surface area contributed by atoms with E-state index < -0.39 is 34.6 Å². The molecule has 1 aromatic heterocycles. The zero-order valence-corrected chi connectivity index (χ0v) is 14.6. The van der Waals surface area contributed by atoms with Gasteiger partial charge in [-0.3, -0.25) is 14.7 Å². The van der Waals surface area contributed by atoms with Crippen LogP contribution in [0.5, 0.6) is 0 Å². The van der Waals surface area contributed by atoms with E-state index in [4.69, 9.17) is 5.73 Å². The van der Waals surface area contributed by atoms with Gasteiger partial charge in [0, 0.05) is 36.3 Å². The van der Waals surface area contributed by atoms with Gasteiger partial charge in [0.15, 0.2) is 17.3 Å². The van der Waals surface area contributed by atoms with E-state index in [0.29, 0.717) is 23.6 Å². The highest BCUT2D eigenvalue weighted by molar-refractivity contribution is 6.00. The van der Waals surface area contributed by atoms with E-state index in [-0.39, 0.29) is 25.0 Å². The van der Waals surface area contributed by atoms with Crippen LogP contribution in [0, 0.1) is 23.4 Å². The molecule has 28 heavy (non-hydrogen) atoms. The fourth-order valence-electron chi connectivity index (χ4n) is 4.13. The van der Waals surface area contributed by atoms with Crippen molar-refractivity contribution in [3.05, 3.63) is 46.0 Å². The molecule has 3 aliphatic rings. The van der Waals surface area contributed by atoms with Gasteiger partial charge in [0.05, 0.1) is 11.7 Å². The number of nitrogens with zero attached hydrogens (tertiary/aromatic N) is 2. The van der Waals surface area contributed by atoms with E-state index in [9.17, 15) is 22.8 Å². The van der Waals surface area contributed by atoms with Crippen LogP contribution in [0.25, 0.3) is 0 Å². The number of nitrogen functional groups attached to an aromatic ring is 1. The van der Waals surface area contributed by atoms with Crippen LogP contribution >= 0.6 is 0 Å². The lowest BCUT2D eigenvalue weighted by Gasteiger charge is -2.39. The van der Waals surface area contributed by atoms with Gasteiger partial charge in [-0.15, -0.1) is 0 Å². The first-order valence-corrected chi connectivity index (χ1v) is 8.95. The number of hydrogen-bond acceptors (Lipinski definition) is 4. The van der Waals surface area contributed by atoms with Crippen molar-refractivity contribution in [2.75, 3.05) is 18.8 Å². The maximum atomic E-state index is 13.9. The first-order valence-electron chi connectivity index (χ1n) is 8.95. The van der Waals surface area contributed by atoms with Crippen molar-refractivity contribution >= 4 is 17.5 Å². The van der Waals surface area contributed by atoms with Crippen LogP contribution < -0.4 is 11.1 Å². The third-order valence-corrected chi connectivity index (χ3v) is 5.80. The molecule has 0 unspecified atom stereocenters. The van der Waals surface area contributed by atoms with Gasteiger partial charge in [0.1, 0.15) is 11.4 Å². The molecule has 2 heterocycles. The van der Waals surface area contributed by atoms with Gasteiger partial charge in [-0.25, -0.2) is 13.2 Å². The number of H-pyrrole nitrogens is 1. The zero-order valence-electron chi connectivity index (χ0n) is 14.6. The zero-order chi connectivity index (χ0) is 19.7. The number of aromatic nitrogens is 2. The van der Waals surface area contributed by atoms with Crippen molar-refractivity contribution in [2.45, 2.75) is 24.8 Å². The summed E-state index contributed by atoms with van der Waals surface area (Å²) in [5.74, 6) is -4.31. The van der Waals surface area contributed by atoms with Crippen LogP contribution in [0.3, 0.4) is 0 Å². The fraction of sp³-hybridized carbons (Fsp3) is 0.389. The SMILES string of the molecule is Nc1c(F)cc(F)c(F)c1C(=O)N1CC(NC(=O)c2n[nH]c3c2C[C@H]2C[C@@H]32)C1. The van der Waals surface area contributed by atoms with Crippen LogP contribution in [0.15, 0.2) is 6.07 Å². The largest absolute Gasteiger partial charge is 0.396 e. The Morgan fingerprint density at radius 3 is 2.75 bits per heavy atom. The molecule has 0 bridgehead atoms. The smallest absolute Gasteiger partial charge is 0.272 e. The third-order valence-electron chi connectivity index (χ3n) is 5.80. The van der Waals surface area contributed by atoms with Gasteiger partial charge in [0.25, 0.3) is 11.8 Å². The lowest BCUT2D eigenvalue weighted by molar-refractivity contribution is 0.0537. The number of hydrogen-bond donors (Lipinski definition) is 3. The number of rotatable bonds is 3. The van der Waals surface area contributed by atoms with E-state index in [2.05, 4.69) is 15.5 Å². The minimum absolute atomic E-state index is 0.0828. The molecule has 1 saturated heterocycles. The maximum absolute atomic E-state index is 13.9. The van der Waals surface area contributed by atoms with Crippen molar-refractivity contribution in [3.63, 3.8) is 0 Å². The van der Waals surface area contributed by atoms with E-state index in [1.165, 1.54) is 4.90 Å². The average Bonchev–Trinajstić information content (AvgIpc) is 3.09. The summed E-state index contributed by atoms with van der Waals surface area (Å²) < 4.78 is 40.9. The van der Waals surface area contributed by atoms with Crippen molar-refractivity contribution < 1.29 is 22.8 Å². The molecule has 5 rings (SSSR count). The monoisotopic (exact) mass is 391 g/mol. The molecule has 2 aliphatic carbocycles. The van der Waals surface area contributed by atoms with E-state index in [0.717, 1.165) is 24.1 Å². The number of nitrogens with one attached hydrogen (secondary N) is 2. The number of anilines is 1. The number of halogens is 3. The van der Waals surface area contributed by atoms with Gasteiger partial charge in [-0.05, 0) is 18.8 Å². The maximum Gasteiger partial charge on any atom is 0.272 e. The minimum Gasteiger partial charge on any atom is -0.396 e. The van der Waals surface area contributed by atoms with Crippen LogP contribution in [0.2, 0.25) is 0 Å². The van der Waals surface area contributed by atoms with Crippen molar-refractivity contribution in [2.24, 2.45) is 5.92 Å². The summed E-state index contributed by atoms with van der Waals surface area (Å²) >= 11 is 0. The molecule has 2 fully saturated rings. The normalized spacial score (nSPS) is 22.5. The van der Waals surface area contributed by atoms with Crippen molar-refractivity contribution in [1.29, 1.82) is 0 Å². The number of fused-ring (bicyclic) bond motifs is 3. The number of carbonyl (C=O) groups excluding carboxylic acids is 2. The predicted octanol–water partition coefficient (Wildman–Crippen LogP) is 1.32. The minimum atomic E-state index is -1.48. The second kappa shape index (κ2) is 5.73. The van der Waals surface area contributed by atoms with Crippen molar-refractivity contribution in [3.8, 4) is 0 Å². The Balaban J connectivity index is 1.24. The Labute approximate surface area is 157 Å². The van der Waals surface area contributed by atoms with Gasteiger partial charge < -0.3 is 16.0 Å². The highest BCUT2D eigenvalue weighted by Gasteiger charge is 2.48. The van der Waals surface area contributed by atoms with E-state index >= 15 is 0 Å². The predicted molar refractivity (Wildman–Crippen MR) is 91.0 cm³/mol. The Morgan fingerprint density at radius 1 is 1.25 bits per heavy atom. The van der Waals surface area contributed by atoms with Crippen LogP contribution in [-0.2, 0) is 6.42 Å². The Kier molecular flexibility index (Phi) is 3.49. The molecule has 0 spiro atoms. The number of amides is 2. The van der Waals surface area contributed by atoms with Gasteiger partial charge >= 0.3 is 0 Å². The Morgan fingerprint density at radius 2 is 2.00 bits per heavy atom. The number of benzene rings is 1. The van der Waals surface area contributed by atoms with Crippen LogP contribution in [-0.4, -0.2) is 46.0 Å². The summed E-state index contributed by atoms with van der Waals surface area (Å²) in [4.78, 5) is 26.0. The summed E-state index contributed by atoms with van der Waals surface area (Å²) in [5.41, 5.74) is 6.21. The molecule has 4 N–H and O–H groups in total. The van der Waals surface area contributed by atoms with Crippen LogP contribution in [0.1, 0.15) is 44.4 Å². The average molecular weight is 391 g/mol. The molecule has 2 atom stereocenters. The summed E-state index contributed by atoms with van der Waals surface area (Å²) in [6.07, 6.45) is 1.98. The molecular weight excluding hydrogens is 375 g/mol. The fourth-order valence-corrected chi connectivity index (χ4v) is 4.13. The molecule has 1 saturated carbocycles. The topological polar surface area (TPSA) is 104 Å². The first kappa shape index (κ1) is 17.1. The van der Waals surface area contributed by atoms with Gasteiger partial charge in [0.2, 0.25) is 0 Å². The van der Waals surface area contributed by atoms with E-state index in [1.807, 2.05) is 0 Å².